The van der Waals surface area contributed by atoms with Gasteiger partial charge in [-0.05, 0) is 53.8 Å². The summed E-state index contributed by atoms with van der Waals surface area (Å²) in [6, 6.07) is 10.9. The number of hydrogen-bond acceptors (Lipinski definition) is 4. The van der Waals surface area contributed by atoms with Gasteiger partial charge in [0, 0.05) is 23.4 Å². The zero-order chi connectivity index (χ0) is 23.3. The van der Waals surface area contributed by atoms with Gasteiger partial charge in [0.25, 0.3) is 5.91 Å². The van der Waals surface area contributed by atoms with E-state index in [1.807, 2.05) is 13.8 Å². The van der Waals surface area contributed by atoms with Crippen molar-refractivity contribution in [3.8, 4) is 0 Å². The zero-order valence-corrected chi connectivity index (χ0v) is 18.2. The highest BCUT2D eigenvalue weighted by Crippen LogP contribution is 2.46. The number of halogens is 2. The molecule has 1 amide bonds. The Morgan fingerprint density at radius 1 is 1.06 bits per heavy atom. The molecule has 8 heteroatoms. The second-order valence-electron chi connectivity index (χ2n) is 9.22. The van der Waals surface area contributed by atoms with Gasteiger partial charge in [-0.25, -0.2) is 13.5 Å². The number of aromatic nitrogens is 2. The SMILES string of the molecule is CC1(C)CC(=O)C2=C(C1)Nc1c(C(=O)Nc3ccc(F)cc3)cnn1[C@@H]2c1ccc(F)cc1. The van der Waals surface area contributed by atoms with Crippen LogP contribution >= 0.6 is 0 Å². The minimum atomic E-state index is -0.576. The lowest BCUT2D eigenvalue weighted by Gasteiger charge is -2.39. The van der Waals surface area contributed by atoms with Gasteiger partial charge in [-0.15, -0.1) is 0 Å². The number of nitrogens with one attached hydrogen (secondary N) is 2. The summed E-state index contributed by atoms with van der Waals surface area (Å²) in [4.78, 5) is 26.2. The minimum Gasteiger partial charge on any atom is -0.343 e. The maximum Gasteiger partial charge on any atom is 0.261 e. The normalized spacial score (nSPS) is 18.9. The Labute approximate surface area is 189 Å². The molecule has 0 fully saturated rings. The molecule has 2 N–H and O–H groups in total. The molecule has 1 atom stereocenters. The highest BCUT2D eigenvalue weighted by Gasteiger charge is 2.42. The molecule has 3 aromatic rings. The fraction of sp³-hybridized carbons (Fsp3) is 0.240. The van der Waals surface area contributed by atoms with Crippen molar-refractivity contribution in [2.75, 3.05) is 10.6 Å². The summed E-state index contributed by atoms with van der Waals surface area (Å²) in [5.74, 6) is -0.741. The third kappa shape index (κ3) is 3.82. The van der Waals surface area contributed by atoms with Crippen LogP contribution in [0.2, 0.25) is 0 Å². The fourth-order valence-corrected chi connectivity index (χ4v) is 4.56. The smallest absolute Gasteiger partial charge is 0.261 e. The van der Waals surface area contributed by atoms with E-state index in [1.54, 1.807) is 16.8 Å². The van der Waals surface area contributed by atoms with E-state index in [9.17, 15) is 18.4 Å². The Morgan fingerprint density at radius 2 is 1.70 bits per heavy atom. The van der Waals surface area contributed by atoms with Crippen LogP contribution in [0.5, 0.6) is 0 Å². The van der Waals surface area contributed by atoms with Crippen LogP contribution in [0.1, 0.15) is 48.7 Å². The molecule has 1 aromatic heterocycles. The Kier molecular flexibility index (Phi) is 4.88. The molecule has 0 unspecified atom stereocenters. The molecule has 0 bridgehead atoms. The molecule has 6 nitrogen and oxygen atoms in total. The van der Waals surface area contributed by atoms with E-state index < -0.39 is 17.8 Å². The molecule has 2 heterocycles. The van der Waals surface area contributed by atoms with Crippen LogP contribution in [0.3, 0.4) is 0 Å². The van der Waals surface area contributed by atoms with Crippen molar-refractivity contribution in [2.24, 2.45) is 5.41 Å². The number of carbonyl (C=O) groups is 2. The Balaban J connectivity index is 1.58. The van der Waals surface area contributed by atoms with Gasteiger partial charge in [-0.2, -0.15) is 5.10 Å². The van der Waals surface area contributed by atoms with E-state index in [0.717, 1.165) is 5.70 Å². The number of hydrogen-bond donors (Lipinski definition) is 2. The first-order valence-electron chi connectivity index (χ1n) is 10.6. The van der Waals surface area contributed by atoms with Crippen LogP contribution in [0.25, 0.3) is 0 Å². The molecule has 2 aliphatic rings. The fourth-order valence-electron chi connectivity index (χ4n) is 4.56. The van der Waals surface area contributed by atoms with Crippen molar-refractivity contribution in [1.29, 1.82) is 0 Å². The molecule has 5 rings (SSSR count). The van der Waals surface area contributed by atoms with Crippen LogP contribution < -0.4 is 10.6 Å². The number of Topliss-reactive ketones (excluding diaryl/α,β-unsaturated/α-hetero) is 1. The van der Waals surface area contributed by atoms with E-state index in [4.69, 9.17) is 0 Å². The number of ketones is 1. The topological polar surface area (TPSA) is 76.0 Å². The third-order valence-electron chi connectivity index (χ3n) is 6.04. The second-order valence-corrected chi connectivity index (χ2v) is 9.22. The molecule has 0 radical (unpaired) electrons. The molecule has 1 aliphatic heterocycles. The third-order valence-corrected chi connectivity index (χ3v) is 6.04. The van der Waals surface area contributed by atoms with Gasteiger partial charge in [0.1, 0.15) is 29.1 Å². The van der Waals surface area contributed by atoms with Gasteiger partial charge in [0.15, 0.2) is 5.78 Å². The van der Waals surface area contributed by atoms with Crippen LogP contribution in [0.4, 0.5) is 20.3 Å². The lowest BCUT2D eigenvalue weighted by molar-refractivity contribution is -0.118. The van der Waals surface area contributed by atoms with Gasteiger partial charge in [0.05, 0.1) is 6.20 Å². The molecular formula is C25H22F2N4O2. The molecule has 2 aromatic carbocycles. The van der Waals surface area contributed by atoms with E-state index in [0.29, 0.717) is 35.5 Å². The standard InChI is InChI=1S/C25H22F2N4O2/c1-25(2)11-19-21(20(32)12-25)22(14-3-5-15(26)6-4-14)31-23(30-19)18(13-28-31)24(33)29-17-9-7-16(27)8-10-17/h3-10,13,22,30H,11-12H2,1-2H3,(H,29,33)/t22-/m1/s1. The number of allylic oxidation sites excluding steroid dienone is 2. The van der Waals surface area contributed by atoms with Crippen molar-refractivity contribution in [3.05, 3.63) is 88.8 Å². The summed E-state index contributed by atoms with van der Waals surface area (Å²) in [7, 11) is 0. The second kappa shape index (κ2) is 7.65. The van der Waals surface area contributed by atoms with E-state index in [2.05, 4.69) is 15.7 Å². The predicted octanol–water partition coefficient (Wildman–Crippen LogP) is 5.07. The van der Waals surface area contributed by atoms with Crippen molar-refractivity contribution >= 4 is 23.2 Å². The van der Waals surface area contributed by atoms with Crippen LogP contribution in [-0.4, -0.2) is 21.5 Å². The average molecular weight is 448 g/mol. The molecule has 168 valence electrons. The molecule has 1 aliphatic carbocycles. The maximum atomic E-state index is 13.6. The number of fused-ring (bicyclic) bond motifs is 1. The van der Waals surface area contributed by atoms with Gasteiger partial charge in [-0.1, -0.05) is 26.0 Å². The molecule has 33 heavy (non-hydrogen) atoms. The number of anilines is 2. The molecule has 0 saturated heterocycles. The summed E-state index contributed by atoms with van der Waals surface area (Å²) in [6.07, 6.45) is 2.45. The average Bonchev–Trinajstić information content (AvgIpc) is 3.17. The van der Waals surface area contributed by atoms with Crippen molar-refractivity contribution in [3.63, 3.8) is 0 Å². The van der Waals surface area contributed by atoms with Crippen LogP contribution in [-0.2, 0) is 4.79 Å². The van der Waals surface area contributed by atoms with Gasteiger partial charge in [-0.3, -0.25) is 9.59 Å². The predicted molar refractivity (Wildman–Crippen MR) is 120 cm³/mol. The monoisotopic (exact) mass is 448 g/mol. The highest BCUT2D eigenvalue weighted by molar-refractivity contribution is 6.08. The largest absolute Gasteiger partial charge is 0.343 e. The summed E-state index contributed by atoms with van der Waals surface area (Å²) in [6.45, 7) is 4.05. The van der Waals surface area contributed by atoms with Crippen LogP contribution in [0, 0.1) is 17.0 Å². The van der Waals surface area contributed by atoms with Gasteiger partial charge < -0.3 is 10.6 Å². The number of amides is 1. The highest BCUT2D eigenvalue weighted by atomic mass is 19.1. The number of benzene rings is 2. The Bertz CT molecular complexity index is 1290. The summed E-state index contributed by atoms with van der Waals surface area (Å²) >= 11 is 0. The number of carbonyl (C=O) groups excluding carboxylic acids is 2. The quantitative estimate of drug-likeness (QED) is 0.587. The van der Waals surface area contributed by atoms with Crippen molar-refractivity contribution in [1.82, 2.24) is 9.78 Å². The molecule has 0 saturated carbocycles. The van der Waals surface area contributed by atoms with Gasteiger partial charge >= 0.3 is 0 Å². The van der Waals surface area contributed by atoms with Crippen molar-refractivity contribution in [2.45, 2.75) is 32.7 Å². The first kappa shape index (κ1) is 21.1. The Hall–Kier alpha value is -3.81. The van der Waals surface area contributed by atoms with Gasteiger partial charge in [0.2, 0.25) is 0 Å². The van der Waals surface area contributed by atoms with E-state index in [1.165, 1.54) is 42.6 Å². The number of rotatable bonds is 3. The first-order valence-corrected chi connectivity index (χ1v) is 10.6. The van der Waals surface area contributed by atoms with Crippen LogP contribution in [0.15, 0.2) is 66.0 Å². The summed E-state index contributed by atoms with van der Waals surface area (Å²) < 4.78 is 28.4. The van der Waals surface area contributed by atoms with E-state index in [-0.39, 0.29) is 22.6 Å². The summed E-state index contributed by atoms with van der Waals surface area (Å²) in [5, 5.41) is 10.5. The Morgan fingerprint density at radius 3 is 2.36 bits per heavy atom. The molecule has 0 spiro atoms. The van der Waals surface area contributed by atoms with E-state index >= 15 is 0 Å². The van der Waals surface area contributed by atoms with Crippen molar-refractivity contribution < 1.29 is 18.4 Å². The maximum absolute atomic E-state index is 13.6. The molecular weight excluding hydrogens is 426 g/mol. The number of nitrogens with zero attached hydrogens (tertiary/aromatic N) is 2. The minimum absolute atomic E-state index is 0.00142. The first-order chi connectivity index (χ1) is 15.7. The summed E-state index contributed by atoms with van der Waals surface area (Å²) in [5.41, 5.74) is 2.52. The lowest BCUT2D eigenvalue weighted by Crippen LogP contribution is -2.37. The lowest BCUT2D eigenvalue weighted by atomic mass is 9.73. The zero-order valence-electron chi connectivity index (χ0n) is 18.2.